The molecule has 2 aromatic heterocycles. The van der Waals surface area contributed by atoms with Crippen LogP contribution in [-0.4, -0.2) is 19.7 Å². The molecule has 0 fully saturated rings. The lowest BCUT2D eigenvalue weighted by atomic mass is 10.2. The molecule has 3 aromatic rings. The maximum atomic E-state index is 5.87. The molecule has 0 aliphatic carbocycles. The van der Waals surface area contributed by atoms with Crippen LogP contribution in [0.15, 0.2) is 55.2 Å². The molecule has 0 amide bonds. The zero-order valence-electron chi connectivity index (χ0n) is 10.6. The van der Waals surface area contributed by atoms with Crippen LogP contribution in [0, 0.1) is 0 Å². The summed E-state index contributed by atoms with van der Waals surface area (Å²) < 4.78 is 1.63. The first-order valence-electron chi connectivity index (χ1n) is 6.11. The number of halogens is 1. The number of hydrogen-bond donors (Lipinski definition) is 1. The molecule has 0 bridgehead atoms. The van der Waals surface area contributed by atoms with Crippen molar-refractivity contribution in [2.75, 3.05) is 5.32 Å². The zero-order valence-corrected chi connectivity index (χ0v) is 11.3. The van der Waals surface area contributed by atoms with Crippen LogP contribution in [0.5, 0.6) is 0 Å². The van der Waals surface area contributed by atoms with Crippen LogP contribution < -0.4 is 5.32 Å². The monoisotopic (exact) mass is 285 g/mol. The minimum atomic E-state index is 0.685. The summed E-state index contributed by atoms with van der Waals surface area (Å²) in [4.78, 5) is 8.26. The smallest absolute Gasteiger partial charge is 0.178 e. The van der Waals surface area contributed by atoms with Gasteiger partial charge in [-0.25, -0.2) is 14.6 Å². The fourth-order valence-electron chi connectivity index (χ4n) is 1.83. The third-order valence-electron chi connectivity index (χ3n) is 2.82. The Morgan fingerprint density at radius 1 is 1.15 bits per heavy atom. The fraction of sp³-hybridized carbons (Fsp3) is 0.0714. The Labute approximate surface area is 121 Å². The highest BCUT2D eigenvalue weighted by molar-refractivity contribution is 6.30. The first-order chi connectivity index (χ1) is 9.83. The molecule has 0 radical (unpaired) electrons. The normalized spacial score (nSPS) is 10.4. The summed E-state index contributed by atoms with van der Waals surface area (Å²) in [5.74, 6) is 0.721. The summed E-state index contributed by atoms with van der Waals surface area (Å²) in [6.45, 7) is 0.685. The van der Waals surface area contributed by atoms with Crippen LogP contribution in [0.4, 0.5) is 5.69 Å². The lowest BCUT2D eigenvalue weighted by Crippen LogP contribution is -2.06. The Hall–Kier alpha value is -2.40. The minimum Gasteiger partial charge on any atom is -0.378 e. The summed E-state index contributed by atoms with van der Waals surface area (Å²) in [5, 5.41) is 8.18. The molecule has 1 aromatic carbocycles. The number of benzene rings is 1. The van der Waals surface area contributed by atoms with Crippen LogP contribution >= 0.6 is 11.6 Å². The van der Waals surface area contributed by atoms with Gasteiger partial charge in [-0.15, -0.1) is 0 Å². The second-order valence-corrected chi connectivity index (χ2v) is 4.63. The number of anilines is 1. The van der Waals surface area contributed by atoms with Crippen molar-refractivity contribution >= 4 is 17.3 Å². The number of nitrogens with one attached hydrogen (secondary N) is 1. The topological polar surface area (TPSA) is 55.6 Å². The van der Waals surface area contributed by atoms with Crippen LogP contribution in [0.1, 0.15) is 5.56 Å². The summed E-state index contributed by atoms with van der Waals surface area (Å²) in [6.07, 6.45) is 4.83. The molecule has 0 unspecified atom stereocenters. The van der Waals surface area contributed by atoms with Gasteiger partial charge in [0.1, 0.15) is 12.7 Å². The van der Waals surface area contributed by atoms with Crippen molar-refractivity contribution in [2.24, 2.45) is 0 Å². The molecule has 0 saturated heterocycles. The Kier molecular flexibility index (Phi) is 3.60. The van der Waals surface area contributed by atoms with E-state index >= 15 is 0 Å². The van der Waals surface area contributed by atoms with Gasteiger partial charge in [-0.2, -0.15) is 5.10 Å². The van der Waals surface area contributed by atoms with Gasteiger partial charge < -0.3 is 5.32 Å². The maximum absolute atomic E-state index is 5.87. The van der Waals surface area contributed by atoms with E-state index in [0.29, 0.717) is 6.54 Å². The molecular formula is C14H12ClN5. The Balaban J connectivity index is 1.79. The Bertz CT molecular complexity index is 679. The molecule has 0 atom stereocenters. The highest BCUT2D eigenvalue weighted by atomic mass is 35.5. The van der Waals surface area contributed by atoms with Crippen LogP contribution in [-0.2, 0) is 6.54 Å². The van der Waals surface area contributed by atoms with E-state index in [1.54, 1.807) is 17.2 Å². The molecular weight excluding hydrogens is 274 g/mol. The van der Waals surface area contributed by atoms with Crippen molar-refractivity contribution < 1.29 is 0 Å². The summed E-state index contributed by atoms with van der Waals surface area (Å²) in [6, 6.07) is 11.6. The van der Waals surface area contributed by atoms with E-state index in [0.717, 1.165) is 22.1 Å². The number of nitrogens with zero attached hydrogens (tertiary/aromatic N) is 4. The Morgan fingerprint density at radius 3 is 2.75 bits per heavy atom. The van der Waals surface area contributed by atoms with E-state index in [2.05, 4.69) is 20.4 Å². The minimum absolute atomic E-state index is 0.685. The molecule has 5 nitrogen and oxygen atoms in total. The highest BCUT2D eigenvalue weighted by Crippen LogP contribution is 2.17. The second kappa shape index (κ2) is 5.71. The first kappa shape index (κ1) is 12.6. The van der Waals surface area contributed by atoms with Gasteiger partial charge >= 0.3 is 0 Å². The van der Waals surface area contributed by atoms with Gasteiger partial charge in [-0.05, 0) is 29.8 Å². The van der Waals surface area contributed by atoms with Crippen molar-refractivity contribution in [2.45, 2.75) is 6.54 Å². The summed E-state index contributed by atoms with van der Waals surface area (Å²) >= 11 is 5.87. The van der Waals surface area contributed by atoms with Crippen molar-refractivity contribution in [3.63, 3.8) is 0 Å². The van der Waals surface area contributed by atoms with Gasteiger partial charge in [-0.3, -0.25) is 0 Å². The van der Waals surface area contributed by atoms with Crippen molar-refractivity contribution in [3.05, 3.63) is 65.8 Å². The average molecular weight is 286 g/mol. The van der Waals surface area contributed by atoms with Crippen LogP contribution in [0.25, 0.3) is 5.82 Å². The van der Waals surface area contributed by atoms with Crippen LogP contribution in [0.2, 0.25) is 5.02 Å². The third kappa shape index (κ3) is 2.78. The fourth-order valence-corrected chi connectivity index (χ4v) is 1.96. The van der Waals surface area contributed by atoms with E-state index in [9.17, 15) is 0 Å². The average Bonchev–Trinajstić information content (AvgIpc) is 3.01. The van der Waals surface area contributed by atoms with E-state index < -0.39 is 0 Å². The standard InChI is InChI=1S/C14H12ClN5/c15-12-5-3-11(4-6-12)8-18-13-2-1-7-17-14(13)20-10-16-9-19-20/h1-7,9-10,18H,8H2. The van der Waals surface area contributed by atoms with Crippen molar-refractivity contribution in [1.82, 2.24) is 19.7 Å². The highest BCUT2D eigenvalue weighted by Gasteiger charge is 2.05. The van der Waals surface area contributed by atoms with Crippen molar-refractivity contribution in [3.8, 4) is 5.82 Å². The van der Waals surface area contributed by atoms with Gasteiger partial charge in [0.05, 0.1) is 5.69 Å². The number of aromatic nitrogens is 4. The molecule has 3 rings (SSSR count). The Morgan fingerprint density at radius 2 is 2.00 bits per heavy atom. The molecule has 0 aliphatic heterocycles. The van der Waals surface area contributed by atoms with Crippen LogP contribution in [0.3, 0.4) is 0 Å². The lowest BCUT2D eigenvalue weighted by Gasteiger charge is -2.10. The van der Waals surface area contributed by atoms with E-state index in [1.807, 2.05) is 36.4 Å². The van der Waals surface area contributed by atoms with Gasteiger partial charge in [0.25, 0.3) is 0 Å². The second-order valence-electron chi connectivity index (χ2n) is 4.19. The molecule has 0 aliphatic rings. The molecule has 2 heterocycles. The van der Waals surface area contributed by atoms with Gasteiger partial charge in [0.15, 0.2) is 5.82 Å². The number of pyridine rings is 1. The van der Waals surface area contributed by atoms with Crippen molar-refractivity contribution in [1.29, 1.82) is 0 Å². The first-order valence-corrected chi connectivity index (χ1v) is 6.49. The van der Waals surface area contributed by atoms with E-state index in [4.69, 9.17) is 11.6 Å². The molecule has 0 spiro atoms. The zero-order chi connectivity index (χ0) is 13.8. The predicted octanol–water partition coefficient (Wildman–Crippen LogP) is 2.93. The number of hydrogen-bond acceptors (Lipinski definition) is 4. The van der Waals surface area contributed by atoms with Gasteiger partial charge in [0.2, 0.25) is 0 Å². The molecule has 1 N–H and O–H groups in total. The SMILES string of the molecule is Clc1ccc(CNc2cccnc2-n2cncn2)cc1. The molecule has 6 heteroatoms. The predicted molar refractivity (Wildman–Crippen MR) is 77.9 cm³/mol. The van der Waals surface area contributed by atoms with E-state index in [1.165, 1.54) is 6.33 Å². The molecule has 100 valence electrons. The summed E-state index contributed by atoms with van der Waals surface area (Å²) in [5.41, 5.74) is 2.04. The molecule has 20 heavy (non-hydrogen) atoms. The van der Waals surface area contributed by atoms with E-state index in [-0.39, 0.29) is 0 Å². The lowest BCUT2D eigenvalue weighted by molar-refractivity contribution is 0.844. The quantitative estimate of drug-likeness (QED) is 0.801. The maximum Gasteiger partial charge on any atom is 0.178 e. The summed E-state index contributed by atoms with van der Waals surface area (Å²) in [7, 11) is 0. The van der Waals surface area contributed by atoms with Gasteiger partial charge in [-0.1, -0.05) is 23.7 Å². The largest absolute Gasteiger partial charge is 0.378 e. The number of rotatable bonds is 4. The van der Waals surface area contributed by atoms with Gasteiger partial charge in [0, 0.05) is 17.8 Å². The molecule has 0 saturated carbocycles. The third-order valence-corrected chi connectivity index (χ3v) is 3.07.